The molecule has 0 nitrogen and oxygen atoms in total. The molecule has 0 radical (unpaired) electrons. The molecule has 3 rings (SSSR count). The minimum absolute atomic E-state index is 0.164. The zero-order chi connectivity index (χ0) is 17.7. The molecule has 0 saturated heterocycles. The van der Waals surface area contributed by atoms with Crippen LogP contribution in [-0.2, 0) is 0 Å². The SMILES string of the molecule is CC.CCC1=C(C)/C(=C/c2ccc(SC)cc2)c2ccc(F)cc21. The zero-order valence-electron chi connectivity index (χ0n) is 15.1. The summed E-state index contributed by atoms with van der Waals surface area (Å²) in [6.45, 7) is 8.27. The second kappa shape index (κ2) is 8.34. The highest BCUT2D eigenvalue weighted by molar-refractivity contribution is 7.98. The molecular weight excluding hydrogens is 315 g/mol. The molecule has 0 fully saturated rings. The molecule has 2 heteroatoms. The van der Waals surface area contributed by atoms with Crippen LogP contribution in [0.5, 0.6) is 0 Å². The van der Waals surface area contributed by atoms with Gasteiger partial charge >= 0.3 is 0 Å². The summed E-state index contributed by atoms with van der Waals surface area (Å²) in [5.41, 5.74) is 7.10. The van der Waals surface area contributed by atoms with E-state index in [1.54, 1.807) is 23.9 Å². The number of benzene rings is 2. The maximum absolute atomic E-state index is 13.6. The second-order valence-corrected chi connectivity index (χ2v) is 6.36. The van der Waals surface area contributed by atoms with Crippen LogP contribution in [0.3, 0.4) is 0 Å². The molecule has 0 atom stereocenters. The van der Waals surface area contributed by atoms with Gasteiger partial charge in [-0.15, -0.1) is 11.8 Å². The highest BCUT2D eigenvalue weighted by atomic mass is 32.2. The summed E-state index contributed by atoms with van der Waals surface area (Å²) in [5.74, 6) is -0.164. The molecule has 0 N–H and O–H groups in total. The van der Waals surface area contributed by atoms with Crippen molar-refractivity contribution in [3.8, 4) is 0 Å². The summed E-state index contributed by atoms with van der Waals surface area (Å²) in [6, 6.07) is 13.7. The van der Waals surface area contributed by atoms with E-state index < -0.39 is 0 Å². The maximum Gasteiger partial charge on any atom is 0.123 e. The molecule has 0 unspecified atom stereocenters. The number of allylic oxidation sites excluding steroid dienone is 3. The van der Waals surface area contributed by atoms with Gasteiger partial charge in [0.1, 0.15) is 5.82 Å². The molecule has 0 aromatic heterocycles. The number of hydrogen-bond acceptors (Lipinski definition) is 1. The summed E-state index contributed by atoms with van der Waals surface area (Å²) >= 11 is 1.74. The molecule has 2 aromatic carbocycles. The molecule has 0 spiro atoms. The zero-order valence-corrected chi connectivity index (χ0v) is 15.9. The van der Waals surface area contributed by atoms with Gasteiger partial charge < -0.3 is 0 Å². The predicted octanol–water partition coefficient (Wildman–Crippen LogP) is 7.31. The molecule has 0 aliphatic heterocycles. The summed E-state index contributed by atoms with van der Waals surface area (Å²) in [7, 11) is 0. The van der Waals surface area contributed by atoms with Gasteiger partial charge in [-0.25, -0.2) is 4.39 Å². The quantitative estimate of drug-likeness (QED) is 0.528. The van der Waals surface area contributed by atoms with E-state index >= 15 is 0 Å². The Labute approximate surface area is 149 Å². The van der Waals surface area contributed by atoms with E-state index in [1.165, 1.54) is 27.2 Å². The summed E-state index contributed by atoms with van der Waals surface area (Å²) < 4.78 is 13.6. The van der Waals surface area contributed by atoms with Crippen molar-refractivity contribution in [2.45, 2.75) is 39.0 Å². The Morgan fingerprint density at radius 2 is 1.67 bits per heavy atom. The number of halogens is 1. The van der Waals surface area contributed by atoms with Crippen LogP contribution in [0.1, 0.15) is 50.8 Å². The standard InChI is InChI=1S/C20H19FS.C2H6/c1-4-17-13(2)19(18-10-7-15(21)12-20(17)18)11-14-5-8-16(22-3)9-6-14;1-2/h5-12H,4H2,1-3H3;1-2H3/b19-11-;. The van der Waals surface area contributed by atoms with Gasteiger partial charge in [0.15, 0.2) is 0 Å². The molecule has 1 aliphatic rings. The largest absolute Gasteiger partial charge is 0.207 e. The van der Waals surface area contributed by atoms with Crippen LogP contribution in [0.2, 0.25) is 0 Å². The average Bonchev–Trinajstić information content (AvgIpc) is 2.88. The lowest BCUT2D eigenvalue weighted by atomic mass is 10.0. The third-order valence-corrected chi connectivity index (χ3v) is 4.98. The van der Waals surface area contributed by atoms with Crippen molar-refractivity contribution in [1.82, 2.24) is 0 Å². The lowest BCUT2D eigenvalue weighted by Crippen LogP contribution is -1.86. The van der Waals surface area contributed by atoms with E-state index in [-0.39, 0.29) is 5.82 Å². The van der Waals surface area contributed by atoms with Crippen LogP contribution in [0, 0.1) is 5.82 Å². The molecule has 1 aliphatic carbocycles. The Balaban J connectivity index is 0.00000100. The van der Waals surface area contributed by atoms with Gasteiger partial charge in [0.05, 0.1) is 0 Å². The number of hydrogen-bond donors (Lipinski definition) is 0. The van der Waals surface area contributed by atoms with Gasteiger partial charge in [-0.3, -0.25) is 0 Å². The van der Waals surface area contributed by atoms with Crippen LogP contribution in [0.25, 0.3) is 17.2 Å². The van der Waals surface area contributed by atoms with Crippen molar-refractivity contribution in [1.29, 1.82) is 0 Å². The summed E-state index contributed by atoms with van der Waals surface area (Å²) in [5, 5.41) is 0. The number of fused-ring (bicyclic) bond motifs is 1. The maximum atomic E-state index is 13.6. The molecule has 0 heterocycles. The molecule has 126 valence electrons. The van der Waals surface area contributed by atoms with Crippen LogP contribution in [-0.4, -0.2) is 6.26 Å². The van der Waals surface area contributed by atoms with Crippen molar-refractivity contribution in [3.63, 3.8) is 0 Å². The monoisotopic (exact) mass is 340 g/mol. The Hall–Kier alpha value is -1.80. The third kappa shape index (κ3) is 3.64. The van der Waals surface area contributed by atoms with Crippen molar-refractivity contribution in [3.05, 3.63) is 70.5 Å². The second-order valence-electron chi connectivity index (χ2n) is 5.48. The van der Waals surface area contributed by atoms with E-state index in [0.29, 0.717) is 0 Å². The first-order valence-corrected chi connectivity index (χ1v) is 9.72. The molecule has 24 heavy (non-hydrogen) atoms. The Morgan fingerprint density at radius 1 is 1.00 bits per heavy atom. The van der Waals surface area contributed by atoms with Crippen molar-refractivity contribution >= 4 is 29.0 Å². The van der Waals surface area contributed by atoms with E-state index in [9.17, 15) is 4.39 Å². The van der Waals surface area contributed by atoms with Crippen LogP contribution in [0.4, 0.5) is 4.39 Å². The first-order valence-electron chi connectivity index (χ1n) is 8.50. The molecule has 0 bridgehead atoms. The van der Waals surface area contributed by atoms with E-state index in [1.807, 2.05) is 19.9 Å². The third-order valence-electron chi connectivity index (χ3n) is 4.23. The fourth-order valence-corrected chi connectivity index (χ4v) is 3.48. The van der Waals surface area contributed by atoms with Gasteiger partial charge in [0.2, 0.25) is 0 Å². The fourth-order valence-electron chi connectivity index (χ4n) is 3.08. The van der Waals surface area contributed by atoms with E-state index in [2.05, 4.69) is 50.4 Å². The summed E-state index contributed by atoms with van der Waals surface area (Å²) in [4.78, 5) is 1.26. The minimum atomic E-state index is -0.164. The fraction of sp³-hybridized carbons (Fsp3) is 0.273. The van der Waals surface area contributed by atoms with Crippen molar-refractivity contribution in [2.24, 2.45) is 0 Å². The molecule has 2 aromatic rings. The Morgan fingerprint density at radius 3 is 2.25 bits per heavy atom. The lowest BCUT2D eigenvalue weighted by molar-refractivity contribution is 0.627. The normalized spacial score (nSPS) is 14.5. The predicted molar refractivity (Wildman–Crippen MR) is 107 cm³/mol. The van der Waals surface area contributed by atoms with Crippen molar-refractivity contribution in [2.75, 3.05) is 6.26 Å². The molecule has 0 saturated carbocycles. The van der Waals surface area contributed by atoms with Gasteiger partial charge in [0, 0.05) is 4.90 Å². The Kier molecular flexibility index (Phi) is 6.44. The van der Waals surface area contributed by atoms with Crippen LogP contribution < -0.4 is 0 Å². The number of thioether (sulfide) groups is 1. The number of rotatable bonds is 3. The van der Waals surface area contributed by atoms with E-state index in [0.717, 1.165) is 17.5 Å². The van der Waals surface area contributed by atoms with Crippen molar-refractivity contribution < 1.29 is 4.39 Å². The molecular formula is C22H25FS. The van der Waals surface area contributed by atoms with Gasteiger partial charge in [0.25, 0.3) is 0 Å². The lowest BCUT2D eigenvalue weighted by Gasteiger charge is -2.05. The van der Waals surface area contributed by atoms with Gasteiger partial charge in [-0.05, 0) is 83.4 Å². The van der Waals surface area contributed by atoms with E-state index in [4.69, 9.17) is 0 Å². The Bertz CT molecular complexity index is 767. The first-order chi connectivity index (χ1) is 11.6. The smallest absolute Gasteiger partial charge is 0.123 e. The minimum Gasteiger partial charge on any atom is -0.207 e. The molecule has 0 amide bonds. The van der Waals surface area contributed by atoms with Crippen LogP contribution in [0.15, 0.2) is 52.9 Å². The average molecular weight is 341 g/mol. The topological polar surface area (TPSA) is 0 Å². The highest BCUT2D eigenvalue weighted by Gasteiger charge is 2.22. The van der Waals surface area contributed by atoms with Crippen LogP contribution >= 0.6 is 11.8 Å². The van der Waals surface area contributed by atoms with Gasteiger partial charge in [-0.2, -0.15) is 0 Å². The highest BCUT2D eigenvalue weighted by Crippen LogP contribution is 2.43. The summed E-state index contributed by atoms with van der Waals surface area (Å²) in [6.07, 6.45) is 5.21. The first kappa shape index (κ1) is 18.5. The van der Waals surface area contributed by atoms with Gasteiger partial charge in [-0.1, -0.05) is 39.0 Å².